The molecule has 0 amide bonds. The van der Waals surface area contributed by atoms with E-state index in [9.17, 15) is 4.79 Å². The first kappa shape index (κ1) is 8.54. The lowest BCUT2D eigenvalue weighted by Crippen LogP contribution is -2.16. The lowest BCUT2D eigenvalue weighted by molar-refractivity contribution is -0.135. The third-order valence-electron chi connectivity index (χ3n) is 0.686. The molecule has 0 saturated carbocycles. The van der Waals surface area contributed by atoms with Gasteiger partial charge in [0, 0.05) is 0 Å². The van der Waals surface area contributed by atoms with E-state index < -0.39 is 11.8 Å². The van der Waals surface area contributed by atoms with Crippen LogP contribution in [0.25, 0.3) is 0 Å². The minimum atomic E-state index is -0.778. The average molecular weight is 144 g/mol. The van der Waals surface area contributed by atoms with Gasteiger partial charge in [0.05, 0.1) is 6.61 Å². The van der Waals surface area contributed by atoms with Crippen LogP contribution in [0, 0.1) is 5.53 Å². The van der Waals surface area contributed by atoms with E-state index in [-0.39, 0.29) is 6.61 Å². The van der Waals surface area contributed by atoms with E-state index in [1.807, 2.05) is 0 Å². The summed E-state index contributed by atoms with van der Waals surface area (Å²) in [6.07, 6.45) is 0. The molecule has 0 saturated heterocycles. The van der Waals surface area contributed by atoms with E-state index >= 15 is 0 Å². The van der Waals surface area contributed by atoms with E-state index in [1.54, 1.807) is 6.92 Å². The van der Waals surface area contributed by atoms with Crippen LogP contribution in [-0.2, 0) is 9.53 Å². The molecular formula is C4H8N4O2. The number of nitrogens with two attached hydrogens (primary N) is 1. The summed E-state index contributed by atoms with van der Waals surface area (Å²) in [5, 5.41) is 5.64. The maximum absolute atomic E-state index is 10.6. The molecule has 0 aromatic carbocycles. The predicted octanol–water partition coefficient (Wildman–Crippen LogP) is -0.147. The van der Waals surface area contributed by atoms with Gasteiger partial charge in [0.2, 0.25) is 0 Å². The number of ether oxygens (including phenoxy) is 1. The van der Waals surface area contributed by atoms with Crippen molar-refractivity contribution in [3.05, 3.63) is 0 Å². The van der Waals surface area contributed by atoms with Gasteiger partial charge in [0.15, 0.2) is 0 Å². The molecule has 0 atom stereocenters. The number of carbonyl (C=O) groups is 1. The van der Waals surface area contributed by atoms with Gasteiger partial charge in [-0.2, -0.15) is 5.10 Å². The predicted molar refractivity (Wildman–Crippen MR) is 33.4 cm³/mol. The van der Waals surface area contributed by atoms with Crippen LogP contribution in [0.1, 0.15) is 6.92 Å². The quantitative estimate of drug-likeness (QED) is 0.134. The largest absolute Gasteiger partial charge is 0.460 e. The molecule has 0 aromatic rings. The Labute approximate surface area is 57.6 Å². The Morgan fingerprint density at radius 3 is 2.70 bits per heavy atom. The molecule has 3 N–H and O–H groups in total. The number of esters is 1. The highest BCUT2D eigenvalue weighted by Crippen LogP contribution is 1.83. The van der Waals surface area contributed by atoms with Gasteiger partial charge in [0.1, 0.15) is 0 Å². The normalized spacial score (nSPS) is 10.7. The summed E-state index contributed by atoms with van der Waals surface area (Å²) in [7, 11) is 0. The van der Waals surface area contributed by atoms with Crippen molar-refractivity contribution < 1.29 is 9.53 Å². The maximum Gasteiger partial charge on any atom is 0.379 e. The molecule has 0 aliphatic carbocycles. The number of carbonyl (C=O) groups excluding carboxylic acids is 1. The van der Waals surface area contributed by atoms with Gasteiger partial charge < -0.3 is 10.6 Å². The Bertz CT molecular complexity index is 165. The molecule has 0 aromatic heterocycles. The van der Waals surface area contributed by atoms with E-state index in [0.29, 0.717) is 0 Å². The Morgan fingerprint density at radius 1 is 1.80 bits per heavy atom. The van der Waals surface area contributed by atoms with Crippen molar-refractivity contribution in [3.63, 3.8) is 0 Å². The molecule has 0 aliphatic rings. The molecule has 0 aliphatic heterocycles. The number of amidine groups is 1. The number of nitrogens with one attached hydrogen (secondary N) is 1. The summed E-state index contributed by atoms with van der Waals surface area (Å²) in [5.41, 5.74) is 6.38. The molecule has 0 bridgehead atoms. The van der Waals surface area contributed by atoms with E-state index in [0.717, 1.165) is 0 Å². The van der Waals surface area contributed by atoms with Gasteiger partial charge in [0.25, 0.3) is 5.84 Å². The lowest BCUT2D eigenvalue weighted by Gasteiger charge is -1.96. The SMILES string of the molecule is CCOC(=O)/C(N=N)=N/N. The van der Waals surface area contributed by atoms with Gasteiger partial charge in [-0.15, -0.1) is 5.11 Å². The molecule has 0 unspecified atom stereocenters. The third-order valence-corrected chi connectivity index (χ3v) is 0.686. The Hall–Kier alpha value is -1.46. The third kappa shape index (κ3) is 2.21. The zero-order valence-corrected chi connectivity index (χ0v) is 5.50. The first-order valence-corrected chi connectivity index (χ1v) is 2.58. The van der Waals surface area contributed by atoms with Gasteiger partial charge >= 0.3 is 5.97 Å². The minimum Gasteiger partial charge on any atom is -0.460 e. The summed E-state index contributed by atoms with van der Waals surface area (Å²) in [4.78, 5) is 10.6. The summed E-state index contributed by atoms with van der Waals surface area (Å²) in [6.45, 7) is 1.85. The van der Waals surface area contributed by atoms with Gasteiger partial charge in [-0.05, 0) is 6.92 Å². The molecule has 0 spiro atoms. The summed E-state index contributed by atoms with van der Waals surface area (Å²) >= 11 is 0. The molecular weight excluding hydrogens is 136 g/mol. The summed E-state index contributed by atoms with van der Waals surface area (Å²) in [5.74, 6) is 3.48. The fraction of sp³-hybridized carbons (Fsp3) is 0.500. The second kappa shape index (κ2) is 4.42. The average Bonchev–Trinajstić information content (AvgIpc) is 1.91. The van der Waals surface area contributed by atoms with Crippen LogP contribution in [0.3, 0.4) is 0 Å². The first-order valence-electron chi connectivity index (χ1n) is 2.58. The highest BCUT2D eigenvalue weighted by atomic mass is 16.5. The Morgan fingerprint density at radius 2 is 2.40 bits per heavy atom. The molecule has 6 heteroatoms. The fourth-order valence-electron chi connectivity index (χ4n) is 0.323. The lowest BCUT2D eigenvalue weighted by atomic mass is 10.6. The van der Waals surface area contributed by atoms with E-state index in [1.165, 1.54) is 0 Å². The molecule has 0 rings (SSSR count). The van der Waals surface area contributed by atoms with E-state index in [4.69, 9.17) is 5.53 Å². The van der Waals surface area contributed by atoms with E-state index in [2.05, 4.69) is 20.8 Å². The van der Waals surface area contributed by atoms with Gasteiger partial charge in [-0.3, -0.25) is 0 Å². The van der Waals surface area contributed by atoms with Crippen LogP contribution < -0.4 is 5.84 Å². The minimum absolute atomic E-state index is 0.216. The van der Waals surface area contributed by atoms with Crippen molar-refractivity contribution in [3.8, 4) is 0 Å². The topological polar surface area (TPSA) is 101 Å². The van der Waals surface area contributed by atoms with Crippen molar-refractivity contribution in [2.24, 2.45) is 16.1 Å². The maximum atomic E-state index is 10.6. The number of nitrogens with zero attached hydrogens (tertiary/aromatic N) is 2. The first-order chi connectivity index (χ1) is 4.76. The van der Waals surface area contributed by atoms with Crippen LogP contribution in [0.15, 0.2) is 10.2 Å². The van der Waals surface area contributed by atoms with Crippen LogP contribution in [0.2, 0.25) is 0 Å². The molecule has 0 heterocycles. The zero-order chi connectivity index (χ0) is 7.98. The summed E-state index contributed by atoms with van der Waals surface area (Å²) < 4.78 is 4.42. The van der Waals surface area contributed by atoms with Crippen LogP contribution >= 0.6 is 0 Å². The molecule has 0 radical (unpaired) electrons. The van der Waals surface area contributed by atoms with Crippen LogP contribution in [0.4, 0.5) is 0 Å². The van der Waals surface area contributed by atoms with Crippen molar-refractivity contribution >= 4 is 11.8 Å². The van der Waals surface area contributed by atoms with Gasteiger partial charge in [-0.1, -0.05) is 0 Å². The number of hydrogen-bond donors (Lipinski definition) is 2. The monoisotopic (exact) mass is 144 g/mol. The Balaban J connectivity index is 4.04. The zero-order valence-electron chi connectivity index (χ0n) is 5.50. The number of hydrogen-bond acceptors (Lipinski definition) is 5. The van der Waals surface area contributed by atoms with Crippen molar-refractivity contribution in [2.75, 3.05) is 6.61 Å². The highest BCUT2D eigenvalue weighted by molar-refractivity contribution is 6.35. The number of hydrazone groups is 1. The van der Waals surface area contributed by atoms with Crippen LogP contribution in [0.5, 0.6) is 0 Å². The standard InChI is InChI=1S/C4H8N4O2/c1-2-10-4(9)3(7-5)8-6/h5H,2,6H2,1H3/b7-5?,8-3-. The van der Waals surface area contributed by atoms with Crippen molar-refractivity contribution in [2.45, 2.75) is 6.92 Å². The second-order valence-corrected chi connectivity index (χ2v) is 1.28. The molecule has 56 valence electrons. The molecule has 6 nitrogen and oxygen atoms in total. The molecule has 0 fully saturated rings. The Kier molecular flexibility index (Phi) is 3.78. The van der Waals surface area contributed by atoms with Crippen molar-refractivity contribution in [1.29, 1.82) is 5.53 Å². The molecule has 10 heavy (non-hydrogen) atoms. The van der Waals surface area contributed by atoms with Crippen LogP contribution in [-0.4, -0.2) is 18.4 Å². The summed E-state index contributed by atoms with van der Waals surface area (Å²) in [6, 6.07) is 0. The fourth-order valence-corrected chi connectivity index (χ4v) is 0.323. The van der Waals surface area contributed by atoms with Crippen molar-refractivity contribution in [1.82, 2.24) is 0 Å². The number of rotatable bonds is 1. The van der Waals surface area contributed by atoms with Gasteiger partial charge in [-0.25, -0.2) is 10.3 Å². The highest BCUT2D eigenvalue weighted by Gasteiger charge is 2.09. The smallest absolute Gasteiger partial charge is 0.379 e. The second-order valence-electron chi connectivity index (χ2n) is 1.28.